The summed E-state index contributed by atoms with van der Waals surface area (Å²) in [6.07, 6.45) is 0.768. The summed E-state index contributed by atoms with van der Waals surface area (Å²) in [6.45, 7) is 7.57. The summed E-state index contributed by atoms with van der Waals surface area (Å²) in [5.74, 6) is 0.489. The molecule has 1 aromatic heterocycles. The van der Waals surface area contributed by atoms with Crippen molar-refractivity contribution >= 4 is 49.8 Å². The third-order valence-electron chi connectivity index (χ3n) is 5.55. The van der Waals surface area contributed by atoms with Crippen LogP contribution < -0.4 is 10.3 Å². The van der Waals surface area contributed by atoms with E-state index in [2.05, 4.69) is 21.0 Å². The summed E-state index contributed by atoms with van der Waals surface area (Å²) in [7, 11) is 1.32. The zero-order valence-corrected chi connectivity index (χ0v) is 21.8. The van der Waals surface area contributed by atoms with E-state index in [0.29, 0.717) is 28.0 Å². The molecule has 0 aliphatic heterocycles. The van der Waals surface area contributed by atoms with Gasteiger partial charge in [-0.25, -0.2) is 9.78 Å². The van der Waals surface area contributed by atoms with Gasteiger partial charge in [-0.1, -0.05) is 67.0 Å². The van der Waals surface area contributed by atoms with Crippen molar-refractivity contribution in [2.75, 3.05) is 7.11 Å². The molecule has 4 rings (SSSR count). The van der Waals surface area contributed by atoms with E-state index in [1.54, 1.807) is 25.3 Å². The summed E-state index contributed by atoms with van der Waals surface area (Å²) >= 11 is 3.43. The lowest BCUT2D eigenvalue weighted by Gasteiger charge is -2.21. The van der Waals surface area contributed by atoms with Gasteiger partial charge in [0, 0.05) is 15.5 Å². The summed E-state index contributed by atoms with van der Waals surface area (Å²) in [4.78, 5) is 30.3. The quantitative estimate of drug-likeness (QED) is 0.251. The van der Waals surface area contributed by atoms with E-state index in [9.17, 15) is 9.59 Å². The van der Waals surface area contributed by atoms with E-state index in [1.807, 2.05) is 63.2 Å². The minimum atomic E-state index is -0.819. The number of benzene rings is 3. The zero-order valence-electron chi connectivity index (χ0n) is 20.2. The minimum absolute atomic E-state index is 0.275. The van der Waals surface area contributed by atoms with Crippen LogP contribution in [0, 0.1) is 0 Å². The highest BCUT2D eigenvalue weighted by Gasteiger charge is 2.23. The number of nitrogens with zero attached hydrogens (tertiary/aromatic N) is 3. The number of hydrogen-bond donors (Lipinski definition) is 0. The number of carbonyl (C=O) groups excluding carboxylic acids is 1. The lowest BCUT2D eigenvalue weighted by molar-refractivity contribution is -0.147. The molecule has 0 saturated carbocycles. The third kappa shape index (κ3) is 4.98. The first-order valence-electron chi connectivity index (χ1n) is 11.1. The average Bonchev–Trinajstić information content (AvgIpc) is 2.83. The first kappa shape index (κ1) is 24.6. The molecule has 35 heavy (non-hydrogen) atoms. The number of halogens is 1. The van der Waals surface area contributed by atoms with E-state index in [4.69, 9.17) is 14.5 Å². The van der Waals surface area contributed by atoms with Gasteiger partial charge in [0.1, 0.15) is 11.6 Å². The fourth-order valence-electron chi connectivity index (χ4n) is 3.77. The molecule has 4 aromatic rings. The zero-order chi connectivity index (χ0) is 25.3. The standard InChI is InChI=1S/C27H26BrN3O4/c1-16(25(33)34-5)35-23-13-10-17-8-6-7-9-19(17)21(23)15-29-31-24(32)20-14-18(28)11-12-22(20)30-26(31)27(2,3)4/h6-16H,1-5H3/t16-/m1/s1. The van der Waals surface area contributed by atoms with E-state index in [1.165, 1.54) is 11.8 Å². The molecular formula is C27H26BrN3O4. The number of methoxy groups -OCH3 is 1. The van der Waals surface area contributed by atoms with Gasteiger partial charge in [-0.15, -0.1) is 0 Å². The van der Waals surface area contributed by atoms with Gasteiger partial charge in [-0.05, 0) is 42.0 Å². The molecule has 7 nitrogen and oxygen atoms in total. The highest BCUT2D eigenvalue weighted by molar-refractivity contribution is 9.10. The number of fused-ring (bicyclic) bond motifs is 2. The Morgan fingerprint density at radius 3 is 2.57 bits per heavy atom. The second-order valence-electron chi connectivity index (χ2n) is 9.19. The molecule has 0 saturated heterocycles. The molecule has 0 unspecified atom stereocenters. The highest BCUT2D eigenvalue weighted by Crippen LogP contribution is 2.28. The smallest absolute Gasteiger partial charge is 0.346 e. The summed E-state index contributed by atoms with van der Waals surface area (Å²) in [6, 6.07) is 16.9. The molecule has 0 radical (unpaired) electrons. The second kappa shape index (κ2) is 9.62. The third-order valence-corrected chi connectivity index (χ3v) is 6.04. The van der Waals surface area contributed by atoms with Crippen LogP contribution in [0.25, 0.3) is 21.7 Å². The van der Waals surface area contributed by atoms with Crippen LogP contribution in [-0.2, 0) is 14.9 Å². The van der Waals surface area contributed by atoms with Crippen LogP contribution in [0.4, 0.5) is 0 Å². The number of hydrogen-bond acceptors (Lipinski definition) is 6. The van der Waals surface area contributed by atoms with E-state index in [0.717, 1.165) is 15.2 Å². The fraction of sp³-hybridized carbons (Fsp3) is 0.259. The molecule has 0 N–H and O–H groups in total. The number of rotatable bonds is 5. The van der Waals surface area contributed by atoms with Crippen molar-refractivity contribution in [1.82, 2.24) is 9.66 Å². The maximum Gasteiger partial charge on any atom is 0.346 e. The van der Waals surface area contributed by atoms with Gasteiger partial charge in [0.05, 0.1) is 24.2 Å². The molecule has 0 aliphatic rings. The Hall–Kier alpha value is -3.52. The van der Waals surface area contributed by atoms with Gasteiger partial charge in [-0.3, -0.25) is 4.79 Å². The first-order valence-corrected chi connectivity index (χ1v) is 11.9. The number of esters is 1. The number of ether oxygens (including phenoxy) is 2. The molecule has 3 aromatic carbocycles. The predicted octanol–water partition coefficient (Wildman–Crippen LogP) is 5.43. The number of aromatic nitrogens is 2. The molecule has 0 bridgehead atoms. The van der Waals surface area contributed by atoms with Crippen LogP contribution in [0.1, 0.15) is 39.1 Å². The van der Waals surface area contributed by atoms with Crippen molar-refractivity contribution in [3.8, 4) is 5.75 Å². The van der Waals surface area contributed by atoms with Gasteiger partial charge in [0.15, 0.2) is 6.10 Å². The Kier molecular flexibility index (Phi) is 6.76. The lowest BCUT2D eigenvalue weighted by Crippen LogP contribution is -2.29. The van der Waals surface area contributed by atoms with E-state index < -0.39 is 17.5 Å². The normalized spacial score (nSPS) is 12.9. The van der Waals surface area contributed by atoms with Gasteiger partial charge in [0.25, 0.3) is 5.56 Å². The van der Waals surface area contributed by atoms with Crippen molar-refractivity contribution < 1.29 is 14.3 Å². The highest BCUT2D eigenvalue weighted by atomic mass is 79.9. The maximum atomic E-state index is 13.5. The van der Waals surface area contributed by atoms with E-state index in [-0.39, 0.29) is 5.56 Å². The Balaban J connectivity index is 1.93. The second-order valence-corrected chi connectivity index (χ2v) is 10.1. The monoisotopic (exact) mass is 535 g/mol. The molecule has 180 valence electrons. The summed E-state index contributed by atoms with van der Waals surface area (Å²) in [5, 5.41) is 6.90. The van der Waals surface area contributed by atoms with Gasteiger partial charge < -0.3 is 9.47 Å². The first-order chi connectivity index (χ1) is 16.6. The topological polar surface area (TPSA) is 82.8 Å². The average molecular weight is 536 g/mol. The molecule has 8 heteroatoms. The Morgan fingerprint density at radius 2 is 1.86 bits per heavy atom. The molecule has 0 aliphatic carbocycles. The summed E-state index contributed by atoms with van der Waals surface area (Å²) < 4.78 is 12.9. The molecule has 0 spiro atoms. The molecule has 1 atom stereocenters. The van der Waals surface area contributed by atoms with Crippen molar-refractivity contribution in [1.29, 1.82) is 0 Å². The fourth-order valence-corrected chi connectivity index (χ4v) is 4.13. The van der Waals surface area contributed by atoms with Crippen LogP contribution in [-0.4, -0.2) is 35.1 Å². The molecular weight excluding hydrogens is 510 g/mol. The Labute approximate surface area is 211 Å². The SMILES string of the molecule is COC(=O)[C@@H](C)Oc1ccc2ccccc2c1C=Nn1c(C(C)(C)C)nc2ccc(Br)cc2c1=O. The van der Waals surface area contributed by atoms with Crippen molar-refractivity contribution in [3.63, 3.8) is 0 Å². The van der Waals surface area contributed by atoms with Crippen LogP contribution in [0.15, 0.2) is 69.0 Å². The predicted molar refractivity (Wildman–Crippen MR) is 141 cm³/mol. The van der Waals surface area contributed by atoms with Gasteiger partial charge in [0.2, 0.25) is 0 Å². The van der Waals surface area contributed by atoms with Crippen molar-refractivity contribution in [2.24, 2.45) is 5.10 Å². The van der Waals surface area contributed by atoms with Gasteiger partial charge in [-0.2, -0.15) is 9.78 Å². The largest absolute Gasteiger partial charge is 0.478 e. The van der Waals surface area contributed by atoms with Crippen molar-refractivity contribution in [2.45, 2.75) is 39.2 Å². The molecule has 0 fully saturated rings. The molecule has 0 amide bonds. The van der Waals surface area contributed by atoms with Crippen LogP contribution in [0.2, 0.25) is 0 Å². The minimum Gasteiger partial charge on any atom is -0.478 e. The lowest BCUT2D eigenvalue weighted by atomic mass is 9.95. The van der Waals surface area contributed by atoms with Crippen molar-refractivity contribution in [3.05, 3.63) is 80.8 Å². The van der Waals surface area contributed by atoms with Crippen LogP contribution >= 0.6 is 15.9 Å². The molecule has 1 heterocycles. The Bertz CT molecular complexity index is 1520. The summed E-state index contributed by atoms with van der Waals surface area (Å²) in [5.41, 5.74) is 0.522. The van der Waals surface area contributed by atoms with Gasteiger partial charge >= 0.3 is 5.97 Å². The Morgan fingerprint density at radius 1 is 1.11 bits per heavy atom. The van der Waals surface area contributed by atoms with Crippen LogP contribution in [0.3, 0.4) is 0 Å². The maximum absolute atomic E-state index is 13.5. The number of carbonyl (C=O) groups is 1. The van der Waals surface area contributed by atoms with Crippen LogP contribution in [0.5, 0.6) is 5.75 Å². The van der Waals surface area contributed by atoms with E-state index >= 15 is 0 Å².